The zero-order valence-corrected chi connectivity index (χ0v) is 10.1. The summed E-state index contributed by atoms with van der Waals surface area (Å²) in [4.78, 5) is 0. The largest absolute Gasteiger partial charge is 0.494 e. The highest BCUT2D eigenvalue weighted by molar-refractivity contribution is 5.05. The van der Waals surface area contributed by atoms with Gasteiger partial charge < -0.3 is 4.74 Å². The monoisotopic (exact) mass is 218 g/mol. The SMILES string of the molecule is C=CC(=C)OCC12CC3CC(CC(C3)C1)C2. The van der Waals surface area contributed by atoms with Crippen molar-refractivity contribution in [1.29, 1.82) is 0 Å². The Morgan fingerprint density at radius 1 is 1.12 bits per heavy atom. The number of ether oxygens (including phenoxy) is 1. The summed E-state index contributed by atoms with van der Waals surface area (Å²) in [5.41, 5.74) is 0.501. The Balaban J connectivity index is 1.69. The van der Waals surface area contributed by atoms with Crippen LogP contribution >= 0.6 is 0 Å². The molecule has 4 aliphatic rings. The molecular weight excluding hydrogens is 196 g/mol. The van der Waals surface area contributed by atoms with Crippen molar-refractivity contribution in [3.63, 3.8) is 0 Å². The van der Waals surface area contributed by atoms with E-state index in [0.29, 0.717) is 5.41 Å². The smallest absolute Gasteiger partial charge is 0.111 e. The Morgan fingerprint density at radius 3 is 2.06 bits per heavy atom. The van der Waals surface area contributed by atoms with Crippen LogP contribution in [-0.4, -0.2) is 6.61 Å². The maximum absolute atomic E-state index is 5.76. The molecule has 16 heavy (non-hydrogen) atoms. The first-order valence-electron chi connectivity index (χ1n) is 6.63. The van der Waals surface area contributed by atoms with Crippen LogP contribution in [0.3, 0.4) is 0 Å². The van der Waals surface area contributed by atoms with Crippen LogP contribution in [0.25, 0.3) is 0 Å². The van der Waals surface area contributed by atoms with Gasteiger partial charge in [0.15, 0.2) is 0 Å². The van der Waals surface area contributed by atoms with Crippen LogP contribution in [0.4, 0.5) is 0 Å². The van der Waals surface area contributed by atoms with Crippen molar-refractivity contribution < 1.29 is 4.74 Å². The van der Waals surface area contributed by atoms with E-state index in [1.807, 2.05) is 0 Å². The zero-order chi connectivity index (χ0) is 11.2. The van der Waals surface area contributed by atoms with E-state index in [2.05, 4.69) is 13.2 Å². The molecule has 0 aromatic heterocycles. The second kappa shape index (κ2) is 3.65. The number of hydrogen-bond donors (Lipinski definition) is 0. The third kappa shape index (κ3) is 1.70. The summed E-state index contributed by atoms with van der Waals surface area (Å²) >= 11 is 0. The third-order valence-electron chi connectivity index (χ3n) is 4.96. The Bertz CT molecular complexity index is 280. The van der Waals surface area contributed by atoms with E-state index in [-0.39, 0.29) is 0 Å². The summed E-state index contributed by atoms with van der Waals surface area (Å²) in [5, 5.41) is 0. The normalized spacial score (nSPS) is 44.4. The second-order valence-electron chi connectivity index (χ2n) is 6.38. The van der Waals surface area contributed by atoms with E-state index >= 15 is 0 Å². The lowest BCUT2D eigenvalue weighted by molar-refractivity contribution is -0.0845. The van der Waals surface area contributed by atoms with Crippen molar-refractivity contribution in [2.75, 3.05) is 6.61 Å². The molecule has 4 fully saturated rings. The molecule has 0 saturated heterocycles. The van der Waals surface area contributed by atoms with Gasteiger partial charge in [0.2, 0.25) is 0 Å². The molecule has 0 unspecified atom stereocenters. The molecule has 1 nitrogen and oxygen atoms in total. The van der Waals surface area contributed by atoms with E-state index < -0.39 is 0 Å². The van der Waals surface area contributed by atoms with Gasteiger partial charge in [-0.05, 0) is 62.4 Å². The van der Waals surface area contributed by atoms with Gasteiger partial charge in [-0.1, -0.05) is 13.2 Å². The molecule has 0 spiro atoms. The molecule has 4 saturated carbocycles. The third-order valence-corrected chi connectivity index (χ3v) is 4.96. The average Bonchev–Trinajstić information content (AvgIpc) is 2.24. The highest BCUT2D eigenvalue weighted by Crippen LogP contribution is 2.60. The average molecular weight is 218 g/mol. The van der Waals surface area contributed by atoms with Gasteiger partial charge in [-0.3, -0.25) is 0 Å². The van der Waals surface area contributed by atoms with E-state index in [1.165, 1.54) is 38.5 Å². The number of rotatable bonds is 4. The molecule has 4 rings (SSSR count). The predicted molar refractivity (Wildman–Crippen MR) is 65.9 cm³/mol. The molecule has 88 valence electrons. The molecular formula is C15H22O. The lowest BCUT2D eigenvalue weighted by Crippen LogP contribution is -2.48. The number of hydrogen-bond acceptors (Lipinski definition) is 1. The summed E-state index contributed by atoms with van der Waals surface area (Å²) in [6.45, 7) is 8.44. The predicted octanol–water partition coefficient (Wildman–Crippen LogP) is 3.92. The summed E-state index contributed by atoms with van der Waals surface area (Å²) in [7, 11) is 0. The maximum atomic E-state index is 5.76. The van der Waals surface area contributed by atoms with Crippen LogP contribution in [0, 0.1) is 23.2 Å². The first-order valence-corrected chi connectivity index (χ1v) is 6.63. The molecule has 0 amide bonds. The minimum atomic E-state index is 0.501. The van der Waals surface area contributed by atoms with Crippen molar-refractivity contribution in [2.45, 2.75) is 38.5 Å². The molecule has 0 N–H and O–H groups in total. The Labute approximate surface area is 98.6 Å². The fraction of sp³-hybridized carbons (Fsp3) is 0.733. The lowest BCUT2D eigenvalue weighted by atomic mass is 9.50. The fourth-order valence-electron chi connectivity index (χ4n) is 4.77. The Morgan fingerprint density at radius 2 is 1.62 bits per heavy atom. The second-order valence-corrected chi connectivity index (χ2v) is 6.38. The van der Waals surface area contributed by atoms with Gasteiger partial charge in [-0.2, -0.15) is 0 Å². The van der Waals surface area contributed by atoms with Crippen molar-refractivity contribution >= 4 is 0 Å². The molecule has 0 radical (unpaired) electrons. The van der Waals surface area contributed by atoms with Crippen LogP contribution < -0.4 is 0 Å². The van der Waals surface area contributed by atoms with E-state index in [4.69, 9.17) is 4.74 Å². The zero-order valence-electron chi connectivity index (χ0n) is 10.1. The van der Waals surface area contributed by atoms with Crippen molar-refractivity contribution in [1.82, 2.24) is 0 Å². The first-order chi connectivity index (χ1) is 7.69. The van der Waals surface area contributed by atoms with Gasteiger partial charge in [0.25, 0.3) is 0 Å². The molecule has 0 heterocycles. The van der Waals surface area contributed by atoms with Crippen molar-refractivity contribution in [3.8, 4) is 0 Å². The number of allylic oxidation sites excluding steroid dienone is 1. The molecule has 0 aromatic rings. The van der Waals surface area contributed by atoms with Crippen LogP contribution in [0.2, 0.25) is 0 Å². The standard InChI is InChI=1S/C15H22O/c1-3-11(2)16-10-15-7-12-4-13(8-15)6-14(5-12)9-15/h3,12-14H,1-2,4-10H2. The minimum Gasteiger partial charge on any atom is -0.494 e. The van der Waals surface area contributed by atoms with Gasteiger partial charge in [-0.15, -0.1) is 0 Å². The topological polar surface area (TPSA) is 9.23 Å². The Hall–Kier alpha value is -0.720. The van der Waals surface area contributed by atoms with Gasteiger partial charge in [0.05, 0.1) is 6.61 Å². The van der Waals surface area contributed by atoms with Crippen LogP contribution in [0.15, 0.2) is 25.0 Å². The quantitative estimate of drug-likeness (QED) is 0.513. The van der Waals surface area contributed by atoms with E-state index in [9.17, 15) is 0 Å². The lowest BCUT2D eigenvalue weighted by Gasteiger charge is -2.56. The highest BCUT2D eigenvalue weighted by Gasteiger charge is 2.51. The van der Waals surface area contributed by atoms with E-state index in [1.54, 1.807) is 6.08 Å². The summed E-state index contributed by atoms with van der Waals surface area (Å²) < 4.78 is 5.76. The van der Waals surface area contributed by atoms with Crippen LogP contribution in [0.1, 0.15) is 38.5 Å². The molecule has 4 aliphatic carbocycles. The molecule has 0 aliphatic heterocycles. The summed E-state index contributed by atoms with van der Waals surface area (Å²) in [6, 6.07) is 0. The van der Waals surface area contributed by atoms with Gasteiger partial charge in [0.1, 0.15) is 5.76 Å². The van der Waals surface area contributed by atoms with Crippen molar-refractivity contribution in [2.24, 2.45) is 23.2 Å². The van der Waals surface area contributed by atoms with Gasteiger partial charge >= 0.3 is 0 Å². The minimum absolute atomic E-state index is 0.501. The summed E-state index contributed by atoms with van der Waals surface area (Å²) in [6.07, 6.45) is 10.4. The van der Waals surface area contributed by atoms with Gasteiger partial charge in [0, 0.05) is 5.41 Å². The fourth-order valence-corrected chi connectivity index (χ4v) is 4.77. The maximum Gasteiger partial charge on any atom is 0.111 e. The summed E-state index contributed by atoms with van der Waals surface area (Å²) in [5.74, 6) is 3.77. The first kappa shape index (κ1) is 10.4. The molecule has 4 bridgehead atoms. The van der Waals surface area contributed by atoms with Crippen molar-refractivity contribution in [3.05, 3.63) is 25.0 Å². The van der Waals surface area contributed by atoms with Gasteiger partial charge in [-0.25, -0.2) is 0 Å². The van der Waals surface area contributed by atoms with E-state index in [0.717, 1.165) is 30.1 Å². The molecule has 0 aromatic carbocycles. The molecule has 1 heteroatoms. The van der Waals surface area contributed by atoms with Crippen LogP contribution in [0.5, 0.6) is 0 Å². The Kier molecular flexibility index (Phi) is 2.38. The highest BCUT2D eigenvalue weighted by atomic mass is 16.5. The molecule has 0 atom stereocenters. The van der Waals surface area contributed by atoms with Crippen LogP contribution in [-0.2, 0) is 4.74 Å².